The van der Waals surface area contributed by atoms with Crippen LogP contribution in [0.2, 0.25) is 5.02 Å². The summed E-state index contributed by atoms with van der Waals surface area (Å²) in [5.74, 6) is -0.0308. The largest absolute Gasteiger partial charge is 0.444 e. The molecule has 1 N–H and O–H groups in total. The van der Waals surface area contributed by atoms with Crippen molar-refractivity contribution < 1.29 is 14.3 Å². The highest BCUT2D eigenvalue weighted by atomic mass is 35.5. The first-order valence-electron chi connectivity index (χ1n) is 11.2. The number of aromatic nitrogens is 3. The number of rotatable bonds is 3. The molecule has 8 nitrogen and oxygen atoms in total. The predicted molar refractivity (Wildman–Crippen MR) is 123 cm³/mol. The molecule has 2 aliphatic heterocycles. The van der Waals surface area contributed by atoms with Gasteiger partial charge >= 0.3 is 6.09 Å². The minimum atomic E-state index is -0.566. The summed E-state index contributed by atoms with van der Waals surface area (Å²) in [5, 5.41) is 7.93. The molecule has 2 aliphatic rings. The number of likely N-dealkylation sites (tertiary alicyclic amines) is 1. The van der Waals surface area contributed by atoms with E-state index in [1.807, 2.05) is 31.6 Å². The van der Waals surface area contributed by atoms with Crippen molar-refractivity contribution in [3.63, 3.8) is 0 Å². The fourth-order valence-corrected chi connectivity index (χ4v) is 4.48. The van der Waals surface area contributed by atoms with Crippen LogP contribution in [-0.2, 0) is 22.5 Å². The highest BCUT2D eigenvalue weighted by Gasteiger charge is 2.31. The Balaban J connectivity index is 1.46. The highest BCUT2D eigenvalue weighted by Crippen LogP contribution is 2.34. The summed E-state index contributed by atoms with van der Waals surface area (Å²) < 4.78 is 7.49. The maximum Gasteiger partial charge on any atom is 0.410 e. The van der Waals surface area contributed by atoms with E-state index in [1.165, 1.54) is 5.69 Å². The molecule has 1 fully saturated rings. The van der Waals surface area contributed by atoms with Crippen LogP contribution in [0, 0.1) is 5.92 Å². The van der Waals surface area contributed by atoms with Crippen LogP contribution in [0.4, 0.5) is 10.6 Å². The zero-order valence-electron chi connectivity index (χ0n) is 18.9. The number of hydrogen-bond acceptors (Lipinski definition) is 5. The minimum absolute atomic E-state index is 0.156. The van der Waals surface area contributed by atoms with Gasteiger partial charge in [0.25, 0.3) is 0 Å². The standard InChI is InChI=1S/C23H30ClN5O3/c1-23(2,3)32-22(31)28-9-6-7-15(14-28)21(30)27-20-11-16(18(24)13-25-20)17-12-26-29-10-5-4-8-19(17)29/h11-13,15H,4-10,14H2,1-3H3,(H,25,27,30). The summed E-state index contributed by atoms with van der Waals surface area (Å²) in [7, 11) is 0. The van der Waals surface area contributed by atoms with Crippen LogP contribution in [0.1, 0.15) is 52.1 Å². The summed E-state index contributed by atoms with van der Waals surface area (Å²) in [5.41, 5.74) is 2.41. The number of piperidine rings is 1. The minimum Gasteiger partial charge on any atom is -0.444 e. The van der Waals surface area contributed by atoms with E-state index < -0.39 is 5.60 Å². The van der Waals surface area contributed by atoms with E-state index in [2.05, 4.69) is 15.4 Å². The fourth-order valence-electron chi connectivity index (χ4n) is 4.27. The van der Waals surface area contributed by atoms with Crippen LogP contribution in [0.3, 0.4) is 0 Å². The van der Waals surface area contributed by atoms with Gasteiger partial charge in [0.15, 0.2) is 0 Å². The van der Waals surface area contributed by atoms with E-state index >= 15 is 0 Å². The Morgan fingerprint density at radius 2 is 1.97 bits per heavy atom. The quantitative estimate of drug-likeness (QED) is 0.728. The van der Waals surface area contributed by atoms with E-state index in [-0.39, 0.29) is 17.9 Å². The molecule has 0 aliphatic carbocycles. The van der Waals surface area contributed by atoms with Gasteiger partial charge in [0.1, 0.15) is 11.4 Å². The molecule has 0 aromatic carbocycles. The summed E-state index contributed by atoms with van der Waals surface area (Å²) >= 11 is 6.45. The zero-order valence-corrected chi connectivity index (χ0v) is 19.6. The van der Waals surface area contributed by atoms with Gasteiger partial charge in [-0.2, -0.15) is 5.10 Å². The Kier molecular flexibility index (Phi) is 6.42. The third kappa shape index (κ3) is 5.06. The molecule has 0 saturated carbocycles. The maximum atomic E-state index is 13.0. The third-order valence-corrected chi connectivity index (χ3v) is 6.12. The first-order chi connectivity index (χ1) is 15.2. The van der Waals surface area contributed by atoms with Crippen LogP contribution in [0.15, 0.2) is 18.5 Å². The van der Waals surface area contributed by atoms with Crippen molar-refractivity contribution in [1.29, 1.82) is 0 Å². The van der Waals surface area contributed by atoms with Crippen LogP contribution in [-0.4, -0.2) is 50.4 Å². The first kappa shape index (κ1) is 22.6. The molecular weight excluding hydrogens is 430 g/mol. The van der Waals surface area contributed by atoms with Crippen LogP contribution in [0.5, 0.6) is 0 Å². The molecular formula is C23H30ClN5O3. The average molecular weight is 460 g/mol. The number of ether oxygens (including phenoxy) is 1. The first-order valence-corrected chi connectivity index (χ1v) is 11.6. The smallest absolute Gasteiger partial charge is 0.410 e. The molecule has 2 amide bonds. The molecule has 4 heterocycles. The second-order valence-corrected chi connectivity index (χ2v) is 9.90. The van der Waals surface area contributed by atoms with Gasteiger partial charge in [-0.1, -0.05) is 11.6 Å². The second kappa shape index (κ2) is 9.10. The van der Waals surface area contributed by atoms with Crippen molar-refractivity contribution in [2.45, 2.75) is 65.0 Å². The molecule has 0 bridgehead atoms. The number of pyridine rings is 1. The molecule has 9 heteroatoms. The van der Waals surface area contributed by atoms with Crippen molar-refractivity contribution in [3.8, 4) is 11.1 Å². The number of amides is 2. The number of nitrogens with one attached hydrogen (secondary N) is 1. The number of halogens is 1. The van der Waals surface area contributed by atoms with Gasteiger partial charge in [-0.3, -0.25) is 9.48 Å². The summed E-state index contributed by atoms with van der Waals surface area (Å²) in [6.45, 7) is 7.34. The number of carbonyl (C=O) groups excluding carboxylic acids is 2. The van der Waals surface area contributed by atoms with Crippen molar-refractivity contribution in [3.05, 3.63) is 29.2 Å². The fraction of sp³-hybridized carbons (Fsp3) is 0.565. The van der Waals surface area contributed by atoms with Crippen molar-refractivity contribution in [2.75, 3.05) is 18.4 Å². The Morgan fingerprint density at radius 1 is 1.16 bits per heavy atom. The van der Waals surface area contributed by atoms with Gasteiger partial charge in [-0.15, -0.1) is 0 Å². The van der Waals surface area contributed by atoms with Crippen molar-refractivity contribution in [1.82, 2.24) is 19.7 Å². The second-order valence-electron chi connectivity index (χ2n) is 9.49. The van der Waals surface area contributed by atoms with Gasteiger partial charge in [0.2, 0.25) is 5.91 Å². The molecule has 0 spiro atoms. The number of nitrogens with zero attached hydrogens (tertiary/aromatic N) is 4. The highest BCUT2D eigenvalue weighted by molar-refractivity contribution is 6.33. The van der Waals surface area contributed by atoms with Gasteiger partial charge in [0.05, 0.1) is 17.1 Å². The van der Waals surface area contributed by atoms with E-state index in [0.29, 0.717) is 30.4 Å². The van der Waals surface area contributed by atoms with E-state index in [9.17, 15) is 9.59 Å². The summed E-state index contributed by atoms with van der Waals surface area (Å²) in [6, 6.07) is 1.81. The lowest BCUT2D eigenvalue weighted by Gasteiger charge is -2.33. The topological polar surface area (TPSA) is 89.4 Å². The molecule has 2 aromatic heterocycles. The normalized spacial score (nSPS) is 18.8. The molecule has 0 radical (unpaired) electrons. The maximum absolute atomic E-state index is 13.0. The number of carbonyl (C=O) groups is 2. The van der Waals surface area contributed by atoms with Gasteiger partial charge in [-0.05, 0) is 58.9 Å². The van der Waals surface area contributed by atoms with Gasteiger partial charge < -0.3 is 15.0 Å². The molecule has 1 atom stereocenters. The Hall–Kier alpha value is -2.61. The Labute approximate surface area is 193 Å². The molecule has 1 unspecified atom stereocenters. The average Bonchev–Trinajstić information content (AvgIpc) is 3.18. The summed E-state index contributed by atoms with van der Waals surface area (Å²) in [4.78, 5) is 31.3. The number of hydrogen-bond donors (Lipinski definition) is 1. The van der Waals surface area contributed by atoms with Crippen molar-refractivity contribution in [2.24, 2.45) is 5.92 Å². The van der Waals surface area contributed by atoms with E-state index in [0.717, 1.165) is 43.4 Å². The third-order valence-electron chi connectivity index (χ3n) is 5.82. The Morgan fingerprint density at radius 3 is 2.75 bits per heavy atom. The lowest BCUT2D eigenvalue weighted by Crippen LogP contribution is -2.45. The number of aryl methyl sites for hydroxylation is 1. The predicted octanol–water partition coefficient (Wildman–Crippen LogP) is 4.52. The molecule has 4 rings (SSSR count). The van der Waals surface area contributed by atoms with Crippen LogP contribution >= 0.6 is 11.6 Å². The van der Waals surface area contributed by atoms with Gasteiger partial charge in [-0.25, -0.2) is 9.78 Å². The Bertz CT molecular complexity index is 1010. The molecule has 1 saturated heterocycles. The number of fused-ring (bicyclic) bond motifs is 1. The molecule has 2 aromatic rings. The monoisotopic (exact) mass is 459 g/mol. The lowest BCUT2D eigenvalue weighted by molar-refractivity contribution is -0.121. The summed E-state index contributed by atoms with van der Waals surface area (Å²) in [6.07, 6.45) is 7.69. The lowest BCUT2D eigenvalue weighted by atomic mass is 9.97. The zero-order chi connectivity index (χ0) is 22.9. The van der Waals surface area contributed by atoms with E-state index in [1.54, 1.807) is 17.2 Å². The SMILES string of the molecule is CC(C)(C)OC(=O)N1CCCC(C(=O)Nc2cc(-c3cnn4c3CCCC4)c(Cl)cn2)C1. The van der Waals surface area contributed by atoms with Crippen molar-refractivity contribution >= 4 is 29.4 Å². The molecule has 32 heavy (non-hydrogen) atoms. The number of anilines is 1. The molecule has 172 valence electrons. The van der Waals surface area contributed by atoms with E-state index in [4.69, 9.17) is 16.3 Å². The van der Waals surface area contributed by atoms with Gasteiger partial charge in [0, 0.05) is 42.7 Å². The van der Waals surface area contributed by atoms with Crippen LogP contribution < -0.4 is 5.32 Å². The van der Waals surface area contributed by atoms with Crippen LogP contribution in [0.25, 0.3) is 11.1 Å².